The van der Waals surface area contributed by atoms with Crippen LogP contribution in [-0.4, -0.2) is 30.1 Å². The molecule has 0 unspecified atom stereocenters. The molecule has 37 heavy (non-hydrogen) atoms. The van der Waals surface area contributed by atoms with Crippen molar-refractivity contribution in [2.24, 2.45) is 0 Å². The van der Waals surface area contributed by atoms with Crippen molar-refractivity contribution in [2.45, 2.75) is 13.5 Å². The fraction of sp³-hybridized carbons (Fsp3) is 0.156. The number of nitrogens with zero attached hydrogens (tertiary/aromatic N) is 2. The summed E-state index contributed by atoms with van der Waals surface area (Å²) in [6, 6.07) is 36.7. The Balaban J connectivity index is 1.41. The highest BCUT2D eigenvalue weighted by molar-refractivity contribution is 5.85. The van der Waals surface area contributed by atoms with Crippen molar-refractivity contribution in [2.75, 3.05) is 20.3 Å². The largest absolute Gasteiger partial charge is 0.493 e. The van der Waals surface area contributed by atoms with Gasteiger partial charge in [0, 0.05) is 11.1 Å². The molecule has 4 aromatic carbocycles. The molecule has 0 fully saturated rings. The fourth-order valence-corrected chi connectivity index (χ4v) is 4.41. The van der Waals surface area contributed by atoms with Crippen LogP contribution in [0.4, 0.5) is 0 Å². The van der Waals surface area contributed by atoms with Gasteiger partial charge < -0.3 is 14.2 Å². The van der Waals surface area contributed by atoms with Crippen LogP contribution in [0.3, 0.4) is 0 Å². The highest BCUT2D eigenvalue weighted by Gasteiger charge is 2.21. The third-order valence-electron chi connectivity index (χ3n) is 6.16. The van der Waals surface area contributed by atoms with Gasteiger partial charge in [-0.15, -0.1) is 0 Å². The van der Waals surface area contributed by atoms with Gasteiger partial charge in [-0.1, -0.05) is 84.9 Å². The standard InChI is InChI=1S/C32H30N2O3/c1-24-31(32(26-14-8-4-9-15-26)34(33-24)28-16-10-5-11-17-28)27-18-19-29(30(22-27)35-2)37-21-20-36-23-25-12-6-3-7-13-25/h3-19,22H,20-21,23H2,1-2H3. The Labute approximate surface area is 217 Å². The van der Waals surface area contributed by atoms with Gasteiger partial charge in [0.25, 0.3) is 0 Å². The van der Waals surface area contributed by atoms with E-state index in [0.717, 1.165) is 39.3 Å². The molecule has 0 radical (unpaired) electrons. The summed E-state index contributed by atoms with van der Waals surface area (Å²) in [7, 11) is 1.66. The minimum Gasteiger partial charge on any atom is -0.493 e. The lowest BCUT2D eigenvalue weighted by atomic mass is 9.98. The molecule has 0 amide bonds. The molecule has 186 valence electrons. The first-order valence-corrected chi connectivity index (χ1v) is 12.4. The van der Waals surface area contributed by atoms with Crippen LogP contribution < -0.4 is 9.47 Å². The molecular weight excluding hydrogens is 460 g/mol. The van der Waals surface area contributed by atoms with Gasteiger partial charge in [-0.2, -0.15) is 5.10 Å². The normalized spacial score (nSPS) is 10.9. The molecule has 0 bridgehead atoms. The molecule has 0 aliphatic heterocycles. The Hall–Kier alpha value is -4.35. The van der Waals surface area contributed by atoms with E-state index in [4.69, 9.17) is 19.3 Å². The lowest BCUT2D eigenvalue weighted by Crippen LogP contribution is -2.07. The van der Waals surface area contributed by atoms with Crippen LogP contribution in [0.2, 0.25) is 0 Å². The zero-order chi connectivity index (χ0) is 25.5. The molecule has 5 rings (SSSR count). The summed E-state index contributed by atoms with van der Waals surface area (Å²) in [4.78, 5) is 0. The maximum absolute atomic E-state index is 6.01. The number of methoxy groups -OCH3 is 1. The summed E-state index contributed by atoms with van der Waals surface area (Å²) in [5.74, 6) is 1.36. The highest BCUT2D eigenvalue weighted by atomic mass is 16.5. The first-order chi connectivity index (χ1) is 18.2. The average Bonchev–Trinajstić information content (AvgIpc) is 3.31. The number of aryl methyl sites for hydroxylation is 1. The minimum absolute atomic E-state index is 0.433. The summed E-state index contributed by atoms with van der Waals surface area (Å²) in [6.45, 7) is 3.53. The monoisotopic (exact) mass is 490 g/mol. The van der Waals surface area contributed by atoms with Gasteiger partial charge in [-0.05, 0) is 42.3 Å². The molecule has 5 nitrogen and oxygen atoms in total. The second-order valence-electron chi connectivity index (χ2n) is 8.67. The van der Waals surface area contributed by atoms with Crippen LogP contribution in [0, 0.1) is 6.92 Å². The van der Waals surface area contributed by atoms with Gasteiger partial charge in [0.2, 0.25) is 0 Å². The number of aromatic nitrogens is 2. The van der Waals surface area contributed by atoms with Gasteiger partial charge in [-0.25, -0.2) is 4.68 Å². The van der Waals surface area contributed by atoms with E-state index in [-0.39, 0.29) is 0 Å². The third kappa shape index (κ3) is 5.57. The van der Waals surface area contributed by atoms with Crippen molar-refractivity contribution in [3.8, 4) is 39.6 Å². The molecule has 0 atom stereocenters. The number of ether oxygens (including phenoxy) is 3. The van der Waals surface area contributed by atoms with Crippen LogP contribution in [0.1, 0.15) is 11.3 Å². The zero-order valence-corrected chi connectivity index (χ0v) is 21.1. The summed E-state index contributed by atoms with van der Waals surface area (Å²) < 4.78 is 19.5. The highest BCUT2D eigenvalue weighted by Crippen LogP contribution is 2.40. The van der Waals surface area contributed by atoms with Crippen LogP contribution >= 0.6 is 0 Å². The van der Waals surface area contributed by atoms with Gasteiger partial charge in [0.15, 0.2) is 11.5 Å². The molecule has 1 heterocycles. The Morgan fingerprint density at radius 1 is 0.703 bits per heavy atom. The smallest absolute Gasteiger partial charge is 0.161 e. The molecule has 0 aliphatic rings. The molecule has 5 heteroatoms. The predicted molar refractivity (Wildman–Crippen MR) is 147 cm³/mol. The number of benzene rings is 4. The average molecular weight is 491 g/mol. The zero-order valence-electron chi connectivity index (χ0n) is 21.1. The van der Waals surface area contributed by atoms with E-state index in [0.29, 0.717) is 31.3 Å². The Bertz CT molecular complexity index is 1430. The first kappa shape index (κ1) is 24.3. The molecule has 5 aromatic rings. The number of rotatable bonds is 10. The van der Waals surface area contributed by atoms with Crippen molar-refractivity contribution < 1.29 is 14.2 Å². The summed E-state index contributed by atoms with van der Waals surface area (Å²) in [5.41, 5.74) is 7.30. The van der Waals surface area contributed by atoms with Gasteiger partial charge >= 0.3 is 0 Å². The number of hydrogen-bond donors (Lipinski definition) is 0. The lowest BCUT2D eigenvalue weighted by molar-refractivity contribution is 0.0880. The lowest BCUT2D eigenvalue weighted by Gasteiger charge is -2.14. The number of para-hydroxylation sites is 1. The van der Waals surface area contributed by atoms with E-state index in [1.807, 2.05) is 90.5 Å². The van der Waals surface area contributed by atoms with E-state index < -0.39 is 0 Å². The fourth-order valence-electron chi connectivity index (χ4n) is 4.41. The third-order valence-corrected chi connectivity index (χ3v) is 6.16. The molecule has 0 saturated heterocycles. The van der Waals surface area contributed by atoms with Gasteiger partial charge in [0.05, 0.1) is 37.4 Å². The van der Waals surface area contributed by atoms with Gasteiger partial charge in [-0.3, -0.25) is 0 Å². The van der Waals surface area contributed by atoms with E-state index in [1.165, 1.54) is 0 Å². The van der Waals surface area contributed by atoms with Crippen LogP contribution in [0.5, 0.6) is 11.5 Å². The predicted octanol–water partition coefficient (Wildman–Crippen LogP) is 7.12. The Morgan fingerprint density at radius 3 is 2.08 bits per heavy atom. The summed E-state index contributed by atoms with van der Waals surface area (Å²) in [5, 5.41) is 4.93. The summed E-state index contributed by atoms with van der Waals surface area (Å²) in [6.07, 6.45) is 0. The molecule has 0 N–H and O–H groups in total. The molecule has 0 spiro atoms. The molecular formula is C32H30N2O3. The number of hydrogen-bond acceptors (Lipinski definition) is 4. The SMILES string of the molecule is COc1cc(-c2c(C)nn(-c3ccccc3)c2-c2ccccc2)ccc1OCCOCc1ccccc1. The maximum atomic E-state index is 6.01. The van der Waals surface area contributed by atoms with E-state index in [1.54, 1.807) is 7.11 Å². The second-order valence-corrected chi connectivity index (χ2v) is 8.67. The van der Waals surface area contributed by atoms with Crippen LogP contribution in [0.15, 0.2) is 109 Å². The summed E-state index contributed by atoms with van der Waals surface area (Å²) >= 11 is 0. The molecule has 0 aliphatic carbocycles. The van der Waals surface area contributed by atoms with Crippen molar-refractivity contribution in [1.29, 1.82) is 0 Å². The Morgan fingerprint density at radius 2 is 1.38 bits per heavy atom. The second kappa shape index (κ2) is 11.6. The van der Waals surface area contributed by atoms with E-state index >= 15 is 0 Å². The van der Waals surface area contributed by atoms with Gasteiger partial charge in [0.1, 0.15) is 6.61 Å². The van der Waals surface area contributed by atoms with E-state index in [2.05, 4.69) is 30.3 Å². The maximum Gasteiger partial charge on any atom is 0.161 e. The van der Waals surface area contributed by atoms with Crippen molar-refractivity contribution in [3.05, 3.63) is 120 Å². The van der Waals surface area contributed by atoms with Crippen LogP contribution in [0.25, 0.3) is 28.1 Å². The van der Waals surface area contributed by atoms with Crippen molar-refractivity contribution >= 4 is 0 Å². The quantitative estimate of drug-likeness (QED) is 0.196. The van der Waals surface area contributed by atoms with Crippen molar-refractivity contribution in [3.63, 3.8) is 0 Å². The Kier molecular flexibility index (Phi) is 7.63. The van der Waals surface area contributed by atoms with Crippen LogP contribution in [-0.2, 0) is 11.3 Å². The molecule has 1 aromatic heterocycles. The topological polar surface area (TPSA) is 45.5 Å². The molecule has 0 saturated carbocycles. The first-order valence-electron chi connectivity index (χ1n) is 12.4. The minimum atomic E-state index is 0.433. The van der Waals surface area contributed by atoms with Crippen molar-refractivity contribution in [1.82, 2.24) is 9.78 Å². The van der Waals surface area contributed by atoms with E-state index in [9.17, 15) is 0 Å².